The molecule has 11 atom stereocenters. The first kappa shape index (κ1) is 41.3. The van der Waals surface area contributed by atoms with Crippen molar-refractivity contribution in [3.8, 4) is 23.3 Å². The minimum atomic E-state index is -4.65. The molecule has 7 aliphatic rings. The number of aryl methyl sites for hydroxylation is 1. The number of rotatable bonds is 8. The molecule has 2 aliphatic carbocycles. The molecule has 5 heterocycles. The van der Waals surface area contributed by atoms with Crippen LogP contribution in [-0.4, -0.2) is 70.5 Å². The van der Waals surface area contributed by atoms with E-state index in [1.807, 2.05) is 54.6 Å². The van der Waals surface area contributed by atoms with Crippen molar-refractivity contribution < 1.29 is 42.9 Å². The van der Waals surface area contributed by atoms with Gasteiger partial charge in [-0.15, -0.1) is 0 Å². The first-order valence-corrected chi connectivity index (χ1v) is 22.3. The van der Waals surface area contributed by atoms with Crippen LogP contribution in [0, 0.1) is 41.4 Å². The van der Waals surface area contributed by atoms with Gasteiger partial charge in [0.05, 0.1) is 11.4 Å². The summed E-state index contributed by atoms with van der Waals surface area (Å²) in [7, 11) is -4.65. The number of aliphatic hydroxyl groups is 3. The topological polar surface area (TPSA) is 218 Å². The number of phenolic OH excluding ortho intramolecular Hbond substituents is 1. The van der Waals surface area contributed by atoms with E-state index >= 15 is 0 Å². The van der Waals surface area contributed by atoms with Crippen LogP contribution in [0.5, 0.6) is 11.5 Å². The Labute approximate surface area is 346 Å². The summed E-state index contributed by atoms with van der Waals surface area (Å²) < 4.78 is 53.4. The Balaban J connectivity index is 1.37. The molecule has 0 spiro atoms. The molecule has 0 saturated carbocycles. The molecule has 10 rings (SSSR count). The molecule has 10 bridgehead atoms. The Bertz CT molecular complexity index is 2280. The lowest BCUT2D eigenvalue weighted by atomic mass is 9.64. The summed E-state index contributed by atoms with van der Waals surface area (Å²) in [5.74, 6) is 4.69. The second kappa shape index (κ2) is 16.6. The van der Waals surface area contributed by atoms with Crippen LogP contribution >= 0.6 is 0 Å². The lowest BCUT2D eigenvalue weighted by molar-refractivity contribution is -0.0416. The van der Waals surface area contributed by atoms with E-state index in [1.165, 1.54) is 0 Å². The number of ether oxygens (including phenoxy) is 2. The van der Waals surface area contributed by atoms with Crippen molar-refractivity contribution in [1.82, 2.24) is 0 Å². The second-order valence-electron chi connectivity index (χ2n) is 17.4. The van der Waals surface area contributed by atoms with Gasteiger partial charge < -0.3 is 41.4 Å². The zero-order valence-electron chi connectivity index (χ0n) is 33.3. The van der Waals surface area contributed by atoms with Crippen LogP contribution in [0.25, 0.3) is 0 Å². The predicted molar refractivity (Wildman–Crippen MR) is 223 cm³/mol. The summed E-state index contributed by atoms with van der Waals surface area (Å²) >= 11 is 0. The zero-order chi connectivity index (χ0) is 41.6. The zero-order valence-corrected chi connectivity index (χ0v) is 34.1. The third-order valence-electron chi connectivity index (χ3n) is 13.7. The molecule has 1 fully saturated rings. The predicted octanol–water partition coefficient (Wildman–Crippen LogP) is 5.14. The monoisotopic (exact) mass is 825 g/mol. The minimum Gasteiger partial charge on any atom is -0.508 e. The average Bonchev–Trinajstić information content (AvgIpc) is 3.29. The molecule has 12 nitrogen and oxygen atoms in total. The Morgan fingerprint density at radius 2 is 1.81 bits per heavy atom. The summed E-state index contributed by atoms with van der Waals surface area (Å²) in [6.07, 6.45) is 4.56. The Morgan fingerprint density at radius 1 is 1.03 bits per heavy atom. The van der Waals surface area contributed by atoms with Crippen molar-refractivity contribution in [2.75, 3.05) is 19.8 Å². The van der Waals surface area contributed by atoms with E-state index < -0.39 is 51.1 Å². The highest BCUT2D eigenvalue weighted by molar-refractivity contribution is 7.86. The van der Waals surface area contributed by atoms with Crippen molar-refractivity contribution in [2.45, 2.75) is 93.3 Å². The second-order valence-corrected chi connectivity index (χ2v) is 19.0. The number of nitrogens with zero attached hydrogens (tertiary/aromatic N) is 1. The van der Waals surface area contributed by atoms with Gasteiger partial charge in [0.15, 0.2) is 5.96 Å². The highest BCUT2D eigenvalue weighted by atomic mass is 32.2. The van der Waals surface area contributed by atoms with Gasteiger partial charge in [-0.05, 0) is 115 Å². The maximum absolute atomic E-state index is 14.0. The van der Waals surface area contributed by atoms with Crippen molar-refractivity contribution in [1.29, 1.82) is 0 Å². The first-order valence-electron chi connectivity index (χ1n) is 20.8. The van der Waals surface area contributed by atoms with Gasteiger partial charge in [-0.2, -0.15) is 8.42 Å². The van der Waals surface area contributed by atoms with Crippen molar-refractivity contribution >= 4 is 16.1 Å². The van der Waals surface area contributed by atoms with Crippen molar-refractivity contribution in [3.05, 3.63) is 106 Å². The fourth-order valence-corrected chi connectivity index (χ4v) is 11.9. The quantitative estimate of drug-likeness (QED) is 0.0519. The van der Waals surface area contributed by atoms with E-state index in [-0.39, 0.29) is 74.5 Å². The number of aliphatic imine (C=N–C) groups is 1. The average molecular weight is 826 g/mol. The van der Waals surface area contributed by atoms with Gasteiger partial charge in [-0.25, -0.2) is 4.99 Å². The molecule has 1 saturated heterocycles. The molecule has 3 aromatic rings. The normalized spacial score (nSPS) is 31.4. The number of aliphatic hydroxyl groups excluding tert-OH is 3. The number of hydrogen-bond acceptors (Lipinski definition) is 9. The van der Waals surface area contributed by atoms with Gasteiger partial charge in [0.1, 0.15) is 17.6 Å². The van der Waals surface area contributed by atoms with Crippen LogP contribution in [0.1, 0.15) is 103 Å². The summed E-state index contributed by atoms with van der Waals surface area (Å²) in [5, 5.41) is 40.4. The molecule has 3 aromatic carbocycles. The number of benzene rings is 3. The van der Waals surface area contributed by atoms with Crippen LogP contribution in [-0.2, 0) is 27.0 Å². The van der Waals surface area contributed by atoms with Gasteiger partial charge in [0, 0.05) is 61.2 Å². The van der Waals surface area contributed by atoms with E-state index in [0.717, 1.165) is 40.7 Å². The fraction of sp³-hybridized carbons (Fsp3) is 0.500. The lowest BCUT2D eigenvalue weighted by Crippen LogP contribution is -2.40. The Morgan fingerprint density at radius 3 is 2.53 bits per heavy atom. The smallest absolute Gasteiger partial charge is 0.268 e. The van der Waals surface area contributed by atoms with Gasteiger partial charge in [0.25, 0.3) is 10.1 Å². The molecule has 0 amide bonds. The molecular weight excluding hydrogens is 771 g/mol. The molecule has 5 aliphatic heterocycles. The molecule has 0 radical (unpaired) electrons. The van der Waals surface area contributed by atoms with E-state index in [4.69, 9.17) is 25.9 Å². The minimum absolute atomic E-state index is 0.0667. The standard InChI is InChI=1S/C46H55N3O9S/c1-26-5-6-30-19-36-12-14-37(30)39(26)22-42(59(54,55)56)40-20-33-17-32(21-41-31(25-52)4-2-3-29-18-35(53)11-13-38(29)44(33)57-41)43(40)28-7-9-34(10-8-28)46(58-36,49-45(47)48)23-27(24-51)15-16-50/h7-14,18-20,26-27,31-32,39-44,50-53H,4-6,15-17,21-25H2,1H3,(H4,47,48,49)(H,54,55,56)/t26-,27-,31-,32-,39+,40-,41?,42-,43?,44-,46+/m1/s1. The first-order chi connectivity index (χ1) is 28.3. The van der Waals surface area contributed by atoms with Gasteiger partial charge in [-0.1, -0.05) is 61.2 Å². The van der Waals surface area contributed by atoms with E-state index in [2.05, 4.69) is 18.8 Å². The van der Waals surface area contributed by atoms with Crippen LogP contribution < -0.4 is 16.2 Å². The summed E-state index contributed by atoms with van der Waals surface area (Å²) in [6.45, 7) is 1.59. The van der Waals surface area contributed by atoms with E-state index in [0.29, 0.717) is 36.1 Å². The molecule has 2 unspecified atom stereocenters. The number of fused-ring (bicyclic) bond motifs is 9. The number of phenols is 1. The van der Waals surface area contributed by atoms with E-state index in [1.54, 1.807) is 12.1 Å². The maximum Gasteiger partial charge on any atom is 0.268 e. The molecule has 9 N–H and O–H groups in total. The lowest BCUT2D eigenvalue weighted by Gasteiger charge is -2.42. The molecule has 13 heteroatoms. The van der Waals surface area contributed by atoms with Crippen molar-refractivity contribution in [2.24, 2.45) is 46.0 Å². The molecule has 0 aromatic heterocycles. The Kier molecular flexibility index (Phi) is 11.6. The number of hydrogen-bond donors (Lipinski definition) is 7. The summed E-state index contributed by atoms with van der Waals surface area (Å²) in [6, 6.07) is 18.5. The number of nitrogens with two attached hydrogens (primary N) is 2. The van der Waals surface area contributed by atoms with Gasteiger partial charge in [-0.3, -0.25) is 4.55 Å². The van der Waals surface area contributed by atoms with Crippen LogP contribution in [0.2, 0.25) is 0 Å². The third kappa shape index (κ3) is 8.11. The van der Waals surface area contributed by atoms with Crippen LogP contribution in [0.3, 0.4) is 0 Å². The highest BCUT2D eigenvalue weighted by Gasteiger charge is 2.49. The third-order valence-corrected chi connectivity index (χ3v) is 15.0. The summed E-state index contributed by atoms with van der Waals surface area (Å²) in [5.41, 5.74) is 16.5. The Hall–Kier alpha value is -4.42. The number of guanidine groups is 1. The van der Waals surface area contributed by atoms with Crippen molar-refractivity contribution in [3.63, 3.8) is 0 Å². The largest absolute Gasteiger partial charge is 0.508 e. The number of allylic oxidation sites excluding steroid dienone is 1. The van der Waals surface area contributed by atoms with E-state index in [9.17, 15) is 33.4 Å². The summed E-state index contributed by atoms with van der Waals surface area (Å²) in [4.78, 5) is 4.73. The molecule has 314 valence electrons. The number of aromatic hydroxyl groups is 1. The fourth-order valence-electron chi connectivity index (χ4n) is 10.8. The van der Waals surface area contributed by atoms with Gasteiger partial charge >= 0.3 is 0 Å². The van der Waals surface area contributed by atoms with Gasteiger partial charge in [0.2, 0.25) is 5.72 Å². The highest BCUT2D eigenvalue weighted by Crippen LogP contribution is 2.55. The SMILES string of the molecule is C[C@@H]1CCc2cc3ccc2[C@H]1C[C@@H](S(=O)(=O)O)[C@H]1C=C2C[C@H](CC4O[C@H]2c2ccc(O)cc2C#CC[C@@H]4CO)C1c1ccc(cc1)[C@@](C[C@H](CO)CCO)(N=C(N)N)O3. The molecular formula is C46H55N3O9S. The maximum atomic E-state index is 14.0. The van der Waals surface area contributed by atoms with Crippen LogP contribution in [0.15, 0.2) is 77.3 Å². The van der Waals surface area contributed by atoms with Crippen LogP contribution in [0.4, 0.5) is 0 Å². The molecule has 59 heavy (non-hydrogen) atoms.